The lowest BCUT2D eigenvalue weighted by atomic mass is 9.76. The summed E-state index contributed by atoms with van der Waals surface area (Å²) >= 11 is 1.58. The number of carboxylic acid groups (broad SMARTS) is 1. The number of urea groups is 1. The zero-order valence-corrected chi connectivity index (χ0v) is 13.3. The van der Waals surface area contributed by atoms with Crippen LogP contribution < -0.4 is 10.6 Å². The lowest BCUT2D eigenvalue weighted by Gasteiger charge is -2.37. The fraction of sp³-hybridized carbons (Fsp3) is 0.600. The molecule has 2 rings (SSSR count). The van der Waals surface area contributed by atoms with Crippen LogP contribution in [-0.2, 0) is 11.3 Å². The highest BCUT2D eigenvalue weighted by atomic mass is 32.1. The molecule has 0 radical (unpaired) electrons. The van der Waals surface area contributed by atoms with Gasteiger partial charge in [0.25, 0.3) is 0 Å². The van der Waals surface area contributed by atoms with Crippen molar-refractivity contribution in [2.75, 3.05) is 0 Å². The standard InChI is InChI=1S/C15H22N2O3S/c1-10-4-3-6-15(8-10,13(18)19)17-14(20)16-9-12-11(2)5-7-21-12/h5,7,10H,3-4,6,8-9H2,1-2H3,(H,18,19)(H2,16,17,20). The highest BCUT2D eigenvalue weighted by Gasteiger charge is 2.43. The molecule has 21 heavy (non-hydrogen) atoms. The van der Waals surface area contributed by atoms with Crippen LogP contribution in [0.5, 0.6) is 0 Å². The lowest BCUT2D eigenvalue weighted by molar-refractivity contribution is -0.146. The van der Waals surface area contributed by atoms with Gasteiger partial charge in [0.05, 0.1) is 6.54 Å². The topological polar surface area (TPSA) is 78.4 Å². The van der Waals surface area contributed by atoms with E-state index in [9.17, 15) is 14.7 Å². The van der Waals surface area contributed by atoms with Crippen molar-refractivity contribution in [3.63, 3.8) is 0 Å². The second-order valence-corrected chi connectivity index (χ2v) is 6.92. The van der Waals surface area contributed by atoms with Gasteiger partial charge < -0.3 is 15.7 Å². The van der Waals surface area contributed by atoms with Gasteiger partial charge in [-0.2, -0.15) is 0 Å². The normalized spacial score (nSPS) is 25.3. The van der Waals surface area contributed by atoms with Crippen molar-refractivity contribution >= 4 is 23.3 Å². The van der Waals surface area contributed by atoms with E-state index in [4.69, 9.17) is 0 Å². The Bertz CT molecular complexity index is 529. The molecule has 0 aromatic carbocycles. The largest absolute Gasteiger partial charge is 0.480 e. The number of carbonyl (C=O) groups is 2. The Morgan fingerprint density at radius 2 is 2.29 bits per heavy atom. The summed E-state index contributed by atoms with van der Waals surface area (Å²) in [5.74, 6) is -0.619. The first-order valence-corrected chi connectivity index (χ1v) is 8.13. The smallest absolute Gasteiger partial charge is 0.329 e. The molecular formula is C15H22N2O3S. The van der Waals surface area contributed by atoms with E-state index in [1.54, 1.807) is 11.3 Å². The number of thiophene rings is 1. The molecule has 5 nitrogen and oxygen atoms in total. The van der Waals surface area contributed by atoms with Gasteiger partial charge in [0.1, 0.15) is 5.54 Å². The van der Waals surface area contributed by atoms with Crippen molar-refractivity contribution < 1.29 is 14.7 Å². The first-order valence-electron chi connectivity index (χ1n) is 7.25. The molecule has 0 aliphatic heterocycles. The van der Waals surface area contributed by atoms with E-state index >= 15 is 0 Å². The van der Waals surface area contributed by atoms with Gasteiger partial charge in [0.2, 0.25) is 0 Å². The van der Waals surface area contributed by atoms with Gasteiger partial charge in [-0.25, -0.2) is 9.59 Å². The van der Waals surface area contributed by atoms with E-state index < -0.39 is 17.5 Å². The molecule has 0 bridgehead atoms. The van der Waals surface area contributed by atoms with E-state index in [-0.39, 0.29) is 0 Å². The Balaban J connectivity index is 1.95. The van der Waals surface area contributed by atoms with Crippen molar-refractivity contribution in [1.29, 1.82) is 0 Å². The molecule has 1 aromatic heterocycles. The van der Waals surface area contributed by atoms with Crippen molar-refractivity contribution in [1.82, 2.24) is 10.6 Å². The number of amides is 2. The fourth-order valence-corrected chi connectivity index (χ4v) is 3.77. The van der Waals surface area contributed by atoms with Crippen LogP contribution in [0.25, 0.3) is 0 Å². The van der Waals surface area contributed by atoms with E-state index in [0.29, 0.717) is 25.3 Å². The predicted molar refractivity (Wildman–Crippen MR) is 82.4 cm³/mol. The van der Waals surface area contributed by atoms with Crippen LogP contribution >= 0.6 is 11.3 Å². The maximum atomic E-state index is 12.1. The maximum absolute atomic E-state index is 12.1. The summed E-state index contributed by atoms with van der Waals surface area (Å²) in [7, 11) is 0. The summed E-state index contributed by atoms with van der Waals surface area (Å²) in [6.07, 6.45) is 2.84. The average molecular weight is 310 g/mol. The summed E-state index contributed by atoms with van der Waals surface area (Å²) in [6.45, 7) is 4.46. The lowest BCUT2D eigenvalue weighted by Crippen LogP contribution is -2.58. The molecule has 2 unspecified atom stereocenters. The van der Waals surface area contributed by atoms with Gasteiger partial charge in [-0.1, -0.05) is 19.8 Å². The minimum atomic E-state index is -1.12. The van der Waals surface area contributed by atoms with Gasteiger partial charge in [-0.3, -0.25) is 0 Å². The van der Waals surface area contributed by atoms with Crippen molar-refractivity contribution in [3.05, 3.63) is 21.9 Å². The van der Waals surface area contributed by atoms with Gasteiger partial charge >= 0.3 is 12.0 Å². The Kier molecular flexibility index (Phi) is 4.88. The highest BCUT2D eigenvalue weighted by molar-refractivity contribution is 7.10. The van der Waals surface area contributed by atoms with Crippen molar-refractivity contribution in [2.45, 2.75) is 51.6 Å². The summed E-state index contributed by atoms with van der Waals surface area (Å²) in [5, 5.41) is 17.0. The number of hydrogen-bond acceptors (Lipinski definition) is 3. The third-order valence-electron chi connectivity index (χ3n) is 4.14. The van der Waals surface area contributed by atoms with E-state index in [1.807, 2.05) is 25.3 Å². The third kappa shape index (κ3) is 3.75. The zero-order chi connectivity index (χ0) is 15.5. The number of rotatable bonds is 4. The van der Waals surface area contributed by atoms with Crippen LogP contribution in [0.4, 0.5) is 4.79 Å². The van der Waals surface area contributed by atoms with Crippen LogP contribution in [0.15, 0.2) is 11.4 Å². The molecule has 0 saturated heterocycles. The molecule has 6 heteroatoms. The van der Waals surface area contributed by atoms with E-state index in [1.165, 1.54) is 0 Å². The number of carbonyl (C=O) groups excluding carboxylic acids is 1. The third-order valence-corrected chi connectivity index (χ3v) is 5.16. The number of nitrogens with one attached hydrogen (secondary N) is 2. The molecule has 116 valence electrons. The Morgan fingerprint density at radius 3 is 2.86 bits per heavy atom. The molecule has 1 aliphatic rings. The first-order chi connectivity index (χ1) is 9.93. The number of aliphatic carboxylic acids is 1. The van der Waals surface area contributed by atoms with Crippen LogP contribution in [0, 0.1) is 12.8 Å². The van der Waals surface area contributed by atoms with Crippen LogP contribution in [0.1, 0.15) is 43.0 Å². The number of carboxylic acids is 1. The van der Waals surface area contributed by atoms with E-state index in [2.05, 4.69) is 10.6 Å². The van der Waals surface area contributed by atoms with Gasteiger partial charge in [0, 0.05) is 4.88 Å². The Labute approximate surface area is 128 Å². The molecule has 2 atom stereocenters. The molecule has 1 fully saturated rings. The Hall–Kier alpha value is -1.56. The molecule has 2 amide bonds. The van der Waals surface area contributed by atoms with E-state index in [0.717, 1.165) is 23.3 Å². The quantitative estimate of drug-likeness (QED) is 0.800. The molecule has 1 aromatic rings. The average Bonchev–Trinajstić information content (AvgIpc) is 2.82. The second kappa shape index (κ2) is 6.47. The second-order valence-electron chi connectivity index (χ2n) is 5.92. The van der Waals surface area contributed by atoms with Crippen LogP contribution in [0.2, 0.25) is 0 Å². The van der Waals surface area contributed by atoms with Crippen molar-refractivity contribution in [2.24, 2.45) is 5.92 Å². The fourth-order valence-electron chi connectivity index (χ4n) is 2.92. The summed E-state index contributed by atoms with van der Waals surface area (Å²) < 4.78 is 0. The van der Waals surface area contributed by atoms with Gasteiger partial charge in [-0.05, 0) is 42.7 Å². The number of aryl methyl sites for hydroxylation is 1. The van der Waals surface area contributed by atoms with Gasteiger partial charge in [-0.15, -0.1) is 11.3 Å². The van der Waals surface area contributed by atoms with Crippen LogP contribution in [-0.4, -0.2) is 22.6 Å². The summed E-state index contributed by atoms with van der Waals surface area (Å²) in [6, 6.07) is 1.60. The maximum Gasteiger partial charge on any atom is 0.329 e. The molecule has 1 aliphatic carbocycles. The highest BCUT2D eigenvalue weighted by Crippen LogP contribution is 2.32. The molecule has 1 heterocycles. The summed E-state index contributed by atoms with van der Waals surface area (Å²) in [4.78, 5) is 24.7. The minimum Gasteiger partial charge on any atom is -0.480 e. The minimum absolute atomic E-state index is 0.315. The van der Waals surface area contributed by atoms with Crippen molar-refractivity contribution in [3.8, 4) is 0 Å². The SMILES string of the molecule is Cc1ccsc1CNC(=O)NC1(C(=O)O)CCCC(C)C1. The molecule has 0 spiro atoms. The van der Waals surface area contributed by atoms with Crippen LogP contribution in [0.3, 0.4) is 0 Å². The molecule has 1 saturated carbocycles. The number of hydrogen-bond donors (Lipinski definition) is 3. The molecule has 3 N–H and O–H groups in total. The first kappa shape index (κ1) is 15.8. The Morgan fingerprint density at radius 1 is 1.52 bits per heavy atom. The summed E-state index contributed by atoms with van der Waals surface area (Å²) in [5.41, 5.74) is 0.0197. The zero-order valence-electron chi connectivity index (χ0n) is 12.4. The predicted octanol–water partition coefficient (Wildman–Crippen LogP) is 2.89. The molecular weight excluding hydrogens is 288 g/mol. The van der Waals surface area contributed by atoms with Gasteiger partial charge in [0.15, 0.2) is 0 Å². The monoisotopic (exact) mass is 310 g/mol.